The lowest BCUT2D eigenvalue weighted by Crippen LogP contribution is -2.48. The molecular weight excluding hydrogens is 282 g/mol. The van der Waals surface area contributed by atoms with Crippen molar-refractivity contribution < 1.29 is 0 Å². The highest BCUT2D eigenvalue weighted by Crippen LogP contribution is 2.38. The predicted octanol–water partition coefficient (Wildman–Crippen LogP) is 3.64. The lowest BCUT2D eigenvalue weighted by atomic mass is 9.88. The third-order valence-corrected chi connectivity index (χ3v) is 5.54. The second-order valence-corrected chi connectivity index (χ2v) is 6.98. The van der Waals surface area contributed by atoms with Crippen LogP contribution in [-0.4, -0.2) is 29.8 Å². The number of piperidine rings is 3. The second-order valence-electron chi connectivity index (χ2n) is 4.75. The lowest BCUT2D eigenvalue weighted by molar-refractivity contribution is 0.118. The Morgan fingerprint density at radius 3 is 2.69 bits per heavy atom. The van der Waals surface area contributed by atoms with Gasteiger partial charge in [-0.1, -0.05) is 22.0 Å². The number of nitrogens with zero attached hydrogens (tertiary/aromatic N) is 1. The molecule has 0 aromatic heterocycles. The normalized spacial score (nSPS) is 32.9. The third kappa shape index (κ3) is 2.31. The first-order chi connectivity index (χ1) is 7.81. The fraction of sp³-hybridized carbons (Fsp3) is 0.538. The van der Waals surface area contributed by atoms with E-state index in [1.807, 2.05) is 0 Å². The molecule has 3 aliphatic rings. The van der Waals surface area contributed by atoms with E-state index in [2.05, 4.69) is 56.9 Å². The molecule has 1 aromatic rings. The van der Waals surface area contributed by atoms with Crippen LogP contribution in [0.15, 0.2) is 33.6 Å². The van der Waals surface area contributed by atoms with Crippen molar-refractivity contribution in [2.45, 2.75) is 23.0 Å². The van der Waals surface area contributed by atoms with Crippen molar-refractivity contribution in [3.8, 4) is 0 Å². The van der Waals surface area contributed by atoms with E-state index in [1.54, 1.807) is 0 Å². The maximum atomic E-state index is 3.54. The number of halogens is 1. The Kier molecular flexibility index (Phi) is 3.27. The summed E-state index contributed by atoms with van der Waals surface area (Å²) in [5.41, 5.74) is 0. The van der Waals surface area contributed by atoms with E-state index in [1.165, 1.54) is 41.8 Å². The van der Waals surface area contributed by atoms with Gasteiger partial charge in [0.15, 0.2) is 0 Å². The van der Waals surface area contributed by atoms with Crippen LogP contribution in [0.4, 0.5) is 0 Å². The van der Waals surface area contributed by atoms with Gasteiger partial charge in [-0.15, -0.1) is 11.8 Å². The van der Waals surface area contributed by atoms with Crippen LogP contribution in [0.2, 0.25) is 0 Å². The summed E-state index contributed by atoms with van der Waals surface area (Å²) in [5.74, 6) is 0.953. The molecular formula is C13H16BrNS. The van der Waals surface area contributed by atoms with Crippen LogP contribution in [0.25, 0.3) is 0 Å². The molecule has 0 N–H and O–H groups in total. The fourth-order valence-corrected chi connectivity index (χ4v) is 4.76. The minimum absolute atomic E-state index is 0.816. The first-order valence-electron chi connectivity index (χ1n) is 5.96. The predicted molar refractivity (Wildman–Crippen MR) is 73.0 cm³/mol. The van der Waals surface area contributed by atoms with Gasteiger partial charge in [-0.05, 0) is 50.0 Å². The fourth-order valence-electron chi connectivity index (χ4n) is 2.76. The Hall–Kier alpha value is 0.01000. The van der Waals surface area contributed by atoms with Gasteiger partial charge in [0.25, 0.3) is 0 Å². The number of thioether (sulfide) groups is 1. The van der Waals surface area contributed by atoms with Crippen LogP contribution in [0, 0.1) is 5.92 Å². The van der Waals surface area contributed by atoms with E-state index in [9.17, 15) is 0 Å². The zero-order valence-electron chi connectivity index (χ0n) is 9.23. The van der Waals surface area contributed by atoms with E-state index in [0.717, 1.165) is 11.2 Å². The third-order valence-electron chi connectivity index (χ3n) is 3.68. The molecule has 4 rings (SSSR count). The summed E-state index contributed by atoms with van der Waals surface area (Å²) in [6, 6.07) is 8.70. The van der Waals surface area contributed by atoms with E-state index in [-0.39, 0.29) is 0 Å². The van der Waals surface area contributed by atoms with Crippen LogP contribution in [0.3, 0.4) is 0 Å². The average Bonchev–Trinajstić information content (AvgIpc) is 2.30. The zero-order chi connectivity index (χ0) is 11.0. The Balaban J connectivity index is 1.71. The van der Waals surface area contributed by atoms with Gasteiger partial charge in [0, 0.05) is 21.2 Å². The van der Waals surface area contributed by atoms with Gasteiger partial charge in [0.1, 0.15) is 0 Å². The van der Waals surface area contributed by atoms with Crippen molar-refractivity contribution in [2.75, 3.05) is 19.6 Å². The largest absolute Gasteiger partial charge is 0.302 e. The highest BCUT2D eigenvalue weighted by molar-refractivity contribution is 9.10. The van der Waals surface area contributed by atoms with Crippen LogP contribution < -0.4 is 0 Å². The zero-order valence-corrected chi connectivity index (χ0v) is 11.6. The molecule has 3 aliphatic heterocycles. The summed E-state index contributed by atoms with van der Waals surface area (Å²) >= 11 is 5.61. The molecule has 0 saturated carbocycles. The summed E-state index contributed by atoms with van der Waals surface area (Å²) in [7, 11) is 0. The van der Waals surface area contributed by atoms with E-state index in [4.69, 9.17) is 0 Å². The molecule has 0 spiro atoms. The molecule has 0 aliphatic carbocycles. The van der Waals surface area contributed by atoms with Crippen LogP contribution in [-0.2, 0) is 0 Å². The van der Waals surface area contributed by atoms with Gasteiger partial charge in [-0.2, -0.15) is 0 Å². The SMILES string of the molecule is Brc1cccc(S[C@H]2CN3CCC2CC3)c1. The Bertz CT molecular complexity index is 374. The highest BCUT2D eigenvalue weighted by atomic mass is 79.9. The van der Waals surface area contributed by atoms with Crippen molar-refractivity contribution in [2.24, 2.45) is 5.92 Å². The van der Waals surface area contributed by atoms with Gasteiger partial charge < -0.3 is 4.90 Å². The molecule has 16 heavy (non-hydrogen) atoms. The van der Waals surface area contributed by atoms with Crippen LogP contribution in [0.5, 0.6) is 0 Å². The smallest absolute Gasteiger partial charge is 0.0251 e. The number of benzene rings is 1. The molecule has 1 atom stereocenters. The summed E-state index contributed by atoms with van der Waals surface area (Å²) in [6.45, 7) is 3.96. The van der Waals surface area contributed by atoms with Crippen molar-refractivity contribution in [1.29, 1.82) is 0 Å². The van der Waals surface area contributed by atoms with Gasteiger partial charge in [0.05, 0.1) is 0 Å². The topological polar surface area (TPSA) is 3.24 Å². The summed E-state index contributed by atoms with van der Waals surface area (Å²) in [6.07, 6.45) is 2.82. The lowest BCUT2D eigenvalue weighted by Gasteiger charge is -2.44. The molecule has 3 heterocycles. The molecule has 0 radical (unpaired) electrons. The molecule has 1 nitrogen and oxygen atoms in total. The first-order valence-corrected chi connectivity index (χ1v) is 7.63. The van der Waals surface area contributed by atoms with Crippen molar-refractivity contribution in [3.63, 3.8) is 0 Å². The van der Waals surface area contributed by atoms with E-state index < -0.39 is 0 Å². The van der Waals surface area contributed by atoms with Gasteiger partial charge in [0.2, 0.25) is 0 Å². The minimum Gasteiger partial charge on any atom is -0.302 e. The second kappa shape index (κ2) is 4.71. The van der Waals surface area contributed by atoms with E-state index in [0.29, 0.717) is 0 Å². The summed E-state index contributed by atoms with van der Waals surface area (Å²) in [5, 5.41) is 0.816. The van der Waals surface area contributed by atoms with Crippen molar-refractivity contribution in [1.82, 2.24) is 4.90 Å². The summed E-state index contributed by atoms with van der Waals surface area (Å²) < 4.78 is 1.19. The van der Waals surface area contributed by atoms with Gasteiger partial charge >= 0.3 is 0 Å². The first kappa shape index (κ1) is 11.1. The van der Waals surface area contributed by atoms with Crippen LogP contribution in [0.1, 0.15) is 12.8 Å². The van der Waals surface area contributed by atoms with Gasteiger partial charge in [-0.25, -0.2) is 0 Å². The van der Waals surface area contributed by atoms with E-state index >= 15 is 0 Å². The number of hydrogen-bond acceptors (Lipinski definition) is 2. The standard InChI is InChI=1S/C13H16BrNS/c14-11-2-1-3-12(8-11)16-13-9-15-6-4-10(13)5-7-15/h1-3,8,10,13H,4-7,9H2/t13-/m0/s1. The van der Waals surface area contributed by atoms with Gasteiger partial charge in [-0.3, -0.25) is 0 Å². The quantitative estimate of drug-likeness (QED) is 0.820. The minimum atomic E-state index is 0.816. The highest BCUT2D eigenvalue weighted by Gasteiger charge is 2.34. The maximum absolute atomic E-state index is 3.54. The molecule has 2 bridgehead atoms. The Morgan fingerprint density at radius 1 is 1.25 bits per heavy atom. The monoisotopic (exact) mass is 297 g/mol. The Morgan fingerprint density at radius 2 is 2.06 bits per heavy atom. The van der Waals surface area contributed by atoms with Crippen molar-refractivity contribution >= 4 is 27.7 Å². The molecule has 0 unspecified atom stereocenters. The molecule has 86 valence electrons. The number of rotatable bonds is 2. The van der Waals surface area contributed by atoms with Crippen LogP contribution >= 0.6 is 27.7 Å². The molecule has 1 aromatic carbocycles. The number of hydrogen-bond donors (Lipinski definition) is 0. The molecule has 3 saturated heterocycles. The summed E-state index contributed by atoms with van der Waals surface area (Å²) in [4.78, 5) is 4.03. The average molecular weight is 298 g/mol. The Labute approximate surface area is 110 Å². The molecule has 0 amide bonds. The number of fused-ring (bicyclic) bond motifs is 3. The molecule has 3 heteroatoms. The van der Waals surface area contributed by atoms with Crippen molar-refractivity contribution in [3.05, 3.63) is 28.7 Å². The maximum Gasteiger partial charge on any atom is 0.0251 e. The molecule has 3 fully saturated rings.